The lowest BCUT2D eigenvalue weighted by atomic mass is 9.95. The van der Waals surface area contributed by atoms with Crippen LogP contribution in [0.3, 0.4) is 0 Å². The molecule has 4 N–H and O–H groups in total. The highest BCUT2D eigenvalue weighted by atomic mass is 19.1. The molecule has 5 aliphatic rings. The van der Waals surface area contributed by atoms with E-state index in [1.807, 2.05) is 29.2 Å². The summed E-state index contributed by atoms with van der Waals surface area (Å²) in [4.78, 5) is 89.9. The van der Waals surface area contributed by atoms with Gasteiger partial charge in [0.2, 0.25) is 29.5 Å². The van der Waals surface area contributed by atoms with Crippen molar-refractivity contribution in [3.63, 3.8) is 0 Å². The number of methoxy groups -OCH3 is 1. The van der Waals surface area contributed by atoms with E-state index in [-0.39, 0.29) is 24.1 Å². The quantitative estimate of drug-likeness (QED) is 0.0389. The van der Waals surface area contributed by atoms with E-state index in [1.54, 1.807) is 48.5 Å². The molecule has 0 radical (unpaired) electrons. The van der Waals surface area contributed by atoms with Gasteiger partial charge in [0.1, 0.15) is 34.5 Å². The van der Waals surface area contributed by atoms with Crippen LogP contribution in [0, 0.1) is 17.2 Å². The van der Waals surface area contributed by atoms with E-state index in [1.165, 1.54) is 24.3 Å². The summed E-state index contributed by atoms with van der Waals surface area (Å²) in [6.07, 6.45) is 8.33. The van der Waals surface area contributed by atoms with E-state index in [0.29, 0.717) is 73.1 Å². The largest absolute Gasteiger partial charge is 0.495 e. The van der Waals surface area contributed by atoms with E-state index in [4.69, 9.17) is 14.5 Å². The maximum Gasteiger partial charge on any atom is 0.255 e. The van der Waals surface area contributed by atoms with Gasteiger partial charge in [-0.15, -0.1) is 0 Å². The summed E-state index contributed by atoms with van der Waals surface area (Å²) in [6, 6.07) is 23.2. The van der Waals surface area contributed by atoms with Gasteiger partial charge >= 0.3 is 0 Å². The molecule has 5 aromatic rings. The average molecular weight is 1010 g/mol. The van der Waals surface area contributed by atoms with Crippen molar-refractivity contribution in [1.82, 2.24) is 25.0 Å². The zero-order valence-electron chi connectivity index (χ0n) is 41.6. The number of hydrogen-bond acceptors (Lipinski definition) is 12. The van der Waals surface area contributed by atoms with E-state index < -0.39 is 35.0 Å². The maximum atomic E-state index is 13.3. The van der Waals surface area contributed by atoms with Crippen molar-refractivity contribution in [3.05, 3.63) is 108 Å². The monoisotopic (exact) mass is 1010 g/mol. The summed E-state index contributed by atoms with van der Waals surface area (Å²) >= 11 is 0. The fourth-order valence-corrected chi connectivity index (χ4v) is 10.7. The number of benzene rings is 4. The number of imide groups is 1. The second-order valence-electron chi connectivity index (χ2n) is 20.1. The minimum Gasteiger partial charge on any atom is -0.495 e. The number of nitrogens with one attached hydrogen (secondary N) is 4. The third-order valence-corrected chi connectivity index (χ3v) is 15.2. The molecule has 5 heterocycles. The SMILES string of the molecule is COc1cc2c(Oc3ccc(NC(=O)C4(C(=O)Nc5ccc(F)cc5)CC4)cc3)ccnc2cc1N1CCC(CN2CCN(C(=O)CCCCCNc3cccc4c3CN([C@H]3CCC(=O)NC3=O)C4=O)CC2)CC1. The highest BCUT2D eigenvalue weighted by Crippen LogP contribution is 2.48. The van der Waals surface area contributed by atoms with Crippen LogP contribution in [0.15, 0.2) is 91.1 Å². The molecule has 4 fully saturated rings. The molecule has 0 spiro atoms. The van der Waals surface area contributed by atoms with Crippen molar-refractivity contribution in [2.24, 2.45) is 11.3 Å². The molecule has 1 aliphatic carbocycles. The first-order valence-electron chi connectivity index (χ1n) is 25.8. The molecule has 4 aliphatic heterocycles. The molecule has 17 nitrogen and oxygen atoms in total. The fraction of sp³-hybridized carbons (Fsp3) is 0.411. The molecule has 0 bridgehead atoms. The molecule has 1 saturated carbocycles. The summed E-state index contributed by atoms with van der Waals surface area (Å²) < 4.78 is 25.6. The van der Waals surface area contributed by atoms with Crippen LogP contribution < -0.4 is 35.6 Å². The second kappa shape index (κ2) is 21.9. The molecule has 18 heteroatoms. The normalized spacial score (nSPS) is 18.7. The Balaban J connectivity index is 0.637. The van der Waals surface area contributed by atoms with Crippen molar-refractivity contribution < 1.29 is 42.6 Å². The molecule has 1 aromatic heterocycles. The zero-order chi connectivity index (χ0) is 51.3. The van der Waals surface area contributed by atoms with Crippen LogP contribution in [0.2, 0.25) is 0 Å². The minimum atomic E-state index is -1.17. The first kappa shape index (κ1) is 50.0. The van der Waals surface area contributed by atoms with Crippen LogP contribution in [0.1, 0.15) is 80.1 Å². The summed E-state index contributed by atoms with van der Waals surface area (Å²) in [6.45, 7) is 7.05. The Labute approximate surface area is 429 Å². The number of fused-ring (bicyclic) bond motifs is 2. The Morgan fingerprint density at radius 3 is 2.22 bits per heavy atom. The average Bonchev–Trinajstić information content (AvgIpc) is 4.17. The van der Waals surface area contributed by atoms with Crippen molar-refractivity contribution in [2.75, 3.05) is 80.3 Å². The third-order valence-electron chi connectivity index (χ3n) is 15.2. The predicted molar refractivity (Wildman–Crippen MR) is 278 cm³/mol. The first-order chi connectivity index (χ1) is 35.9. The standard InChI is InChI=1S/C56H62FN9O8/c1-73-49-32-42-45(59-25-19-48(42)74-40-15-13-39(14-16-40)61-55(72)56(22-23-56)54(71)60-38-11-9-37(57)10-12-38)33-47(49)64-26-20-36(21-27-64)34-63-28-30-65(31-29-63)51(68)8-3-2-4-24-58-44-7-5-6-41-43(44)35-66(53(41)70)46-17-18-50(67)62-52(46)69/h5-7,9-16,19,25,32-33,36,46,58H,2-4,8,17-18,20-24,26-31,34-35H2,1H3,(H,60,71)(H,61,72)(H,62,67,69)/t46-/m0/s1. The highest BCUT2D eigenvalue weighted by molar-refractivity contribution is 6.17. The Hall–Kier alpha value is -7.60. The third kappa shape index (κ3) is 11.0. The van der Waals surface area contributed by atoms with Gasteiger partial charge in [-0.3, -0.25) is 44.0 Å². The lowest BCUT2D eigenvalue weighted by Gasteiger charge is -2.39. The zero-order valence-corrected chi connectivity index (χ0v) is 41.6. The molecule has 4 aromatic carbocycles. The van der Waals surface area contributed by atoms with Gasteiger partial charge in [0, 0.05) is 112 Å². The van der Waals surface area contributed by atoms with E-state index in [2.05, 4.69) is 37.1 Å². The topological polar surface area (TPSA) is 195 Å². The van der Waals surface area contributed by atoms with Gasteiger partial charge in [-0.25, -0.2) is 4.39 Å². The van der Waals surface area contributed by atoms with Gasteiger partial charge in [0.15, 0.2) is 0 Å². The van der Waals surface area contributed by atoms with Crippen molar-refractivity contribution in [2.45, 2.75) is 76.8 Å². The van der Waals surface area contributed by atoms with E-state index in [9.17, 15) is 33.2 Å². The number of halogens is 1. The summed E-state index contributed by atoms with van der Waals surface area (Å²) in [5.41, 5.74) is 3.88. The van der Waals surface area contributed by atoms with Gasteiger partial charge in [0.25, 0.3) is 5.91 Å². The number of carbonyl (C=O) groups excluding carboxylic acids is 6. The fourth-order valence-electron chi connectivity index (χ4n) is 10.7. The molecule has 74 heavy (non-hydrogen) atoms. The number of anilines is 4. The van der Waals surface area contributed by atoms with Crippen LogP contribution in [0.4, 0.5) is 27.1 Å². The van der Waals surface area contributed by atoms with E-state index in [0.717, 1.165) is 112 Å². The molecular weight excluding hydrogens is 946 g/mol. The Morgan fingerprint density at radius 2 is 1.53 bits per heavy atom. The number of hydrogen-bond donors (Lipinski definition) is 4. The molecule has 6 amide bonds. The van der Waals surface area contributed by atoms with Gasteiger partial charge < -0.3 is 40.1 Å². The minimum absolute atomic E-state index is 0.185. The molecule has 386 valence electrons. The van der Waals surface area contributed by atoms with Gasteiger partial charge in [-0.1, -0.05) is 12.5 Å². The smallest absolute Gasteiger partial charge is 0.255 e. The van der Waals surface area contributed by atoms with Gasteiger partial charge in [0.05, 0.1) is 18.3 Å². The number of rotatable bonds is 18. The molecule has 3 saturated heterocycles. The van der Waals surface area contributed by atoms with Gasteiger partial charge in [-0.05, 0) is 130 Å². The van der Waals surface area contributed by atoms with Crippen LogP contribution in [0.5, 0.6) is 17.2 Å². The number of piperazine rings is 1. The lowest BCUT2D eigenvalue weighted by molar-refractivity contribution is -0.137. The number of piperidine rings is 2. The van der Waals surface area contributed by atoms with Crippen molar-refractivity contribution >= 4 is 69.1 Å². The van der Waals surface area contributed by atoms with Crippen LogP contribution in [0.25, 0.3) is 10.9 Å². The number of amides is 6. The Bertz CT molecular complexity index is 2930. The molecule has 1 atom stereocenters. The second-order valence-corrected chi connectivity index (χ2v) is 20.1. The highest BCUT2D eigenvalue weighted by Gasteiger charge is 2.56. The Morgan fingerprint density at radius 1 is 0.811 bits per heavy atom. The maximum absolute atomic E-state index is 13.3. The van der Waals surface area contributed by atoms with Crippen LogP contribution >= 0.6 is 0 Å². The molecule has 10 rings (SSSR count). The van der Waals surface area contributed by atoms with Gasteiger partial charge in [-0.2, -0.15) is 0 Å². The Kier molecular flexibility index (Phi) is 14.8. The number of nitrogens with zero attached hydrogens (tertiary/aromatic N) is 5. The molecular formula is C56H62FN9O8. The van der Waals surface area contributed by atoms with E-state index >= 15 is 0 Å². The molecule has 0 unspecified atom stereocenters. The number of unbranched alkanes of at least 4 members (excludes halogenated alkanes) is 2. The summed E-state index contributed by atoms with van der Waals surface area (Å²) in [7, 11) is 1.67. The summed E-state index contributed by atoms with van der Waals surface area (Å²) in [5, 5.41) is 12.2. The number of carbonyl (C=O) groups is 6. The number of aromatic nitrogens is 1. The number of ether oxygens (including phenoxy) is 2. The predicted octanol–water partition coefficient (Wildman–Crippen LogP) is 7.33. The first-order valence-corrected chi connectivity index (χ1v) is 25.8. The van der Waals surface area contributed by atoms with Crippen LogP contribution in [-0.2, 0) is 30.5 Å². The number of pyridine rings is 1. The van der Waals surface area contributed by atoms with Crippen molar-refractivity contribution in [3.8, 4) is 17.2 Å². The van der Waals surface area contributed by atoms with Crippen molar-refractivity contribution in [1.29, 1.82) is 0 Å². The lowest BCUT2D eigenvalue weighted by Crippen LogP contribution is -2.52. The summed E-state index contributed by atoms with van der Waals surface area (Å²) in [5.74, 6) is 0.527. The van der Waals surface area contributed by atoms with Crippen LogP contribution in [-0.4, -0.2) is 121 Å².